The maximum Gasteiger partial charge on any atom is 0.326 e. The molecule has 13 nitrogen and oxygen atoms in total. The van der Waals surface area contributed by atoms with Gasteiger partial charge in [-0.25, -0.2) is 4.79 Å². The van der Waals surface area contributed by atoms with E-state index in [2.05, 4.69) is 10.6 Å². The van der Waals surface area contributed by atoms with E-state index in [1.807, 2.05) is 0 Å². The third kappa shape index (κ3) is 8.07. The predicted molar refractivity (Wildman–Crippen MR) is 120 cm³/mol. The summed E-state index contributed by atoms with van der Waals surface area (Å²) in [7, 11) is 0. The van der Waals surface area contributed by atoms with Gasteiger partial charge in [0.15, 0.2) is 0 Å². The number of carboxylic acids is 2. The van der Waals surface area contributed by atoms with Crippen LogP contribution >= 0.6 is 0 Å². The number of primary amides is 1. The summed E-state index contributed by atoms with van der Waals surface area (Å²) in [6, 6.07) is 3.64. The SMILES string of the molecule is NC(=O)CC(N)C(=O)NC(Cc1ccccc1)C(=O)N1CCCC1C(=O)NC(CC(=O)O)C(=O)O. The molecule has 0 aliphatic carbocycles. The van der Waals surface area contributed by atoms with Crippen molar-refractivity contribution in [3.8, 4) is 0 Å². The van der Waals surface area contributed by atoms with Crippen molar-refractivity contribution >= 4 is 35.6 Å². The molecule has 4 amide bonds. The topological polar surface area (TPSA) is 222 Å². The number of nitrogens with zero attached hydrogens (tertiary/aromatic N) is 1. The number of hydrogen-bond donors (Lipinski definition) is 6. The van der Waals surface area contributed by atoms with Crippen LogP contribution in [0.3, 0.4) is 0 Å². The lowest BCUT2D eigenvalue weighted by Gasteiger charge is -2.30. The molecule has 1 aromatic carbocycles. The molecule has 190 valence electrons. The Morgan fingerprint density at radius 2 is 1.66 bits per heavy atom. The van der Waals surface area contributed by atoms with Gasteiger partial charge in [0, 0.05) is 13.0 Å². The molecular weight excluding hydrogens is 462 g/mol. The largest absolute Gasteiger partial charge is 0.481 e. The monoisotopic (exact) mass is 491 g/mol. The summed E-state index contributed by atoms with van der Waals surface area (Å²) in [5.41, 5.74) is 11.5. The average molecular weight is 492 g/mol. The summed E-state index contributed by atoms with van der Waals surface area (Å²) in [4.78, 5) is 73.3. The Morgan fingerprint density at radius 3 is 2.23 bits per heavy atom. The molecule has 0 aromatic heterocycles. The first-order valence-electron chi connectivity index (χ1n) is 10.9. The molecule has 8 N–H and O–H groups in total. The second-order valence-electron chi connectivity index (χ2n) is 8.21. The number of rotatable bonds is 12. The Balaban J connectivity index is 2.21. The fourth-order valence-electron chi connectivity index (χ4n) is 3.78. The number of carbonyl (C=O) groups is 6. The van der Waals surface area contributed by atoms with Gasteiger partial charge in [-0.05, 0) is 18.4 Å². The molecule has 1 aromatic rings. The first-order chi connectivity index (χ1) is 16.5. The van der Waals surface area contributed by atoms with Crippen LogP contribution in [0.25, 0.3) is 0 Å². The van der Waals surface area contributed by atoms with Gasteiger partial charge in [0.1, 0.15) is 18.1 Å². The molecule has 1 heterocycles. The smallest absolute Gasteiger partial charge is 0.326 e. The number of hydrogen-bond acceptors (Lipinski definition) is 7. The van der Waals surface area contributed by atoms with Crippen molar-refractivity contribution in [1.29, 1.82) is 0 Å². The molecule has 1 fully saturated rings. The van der Waals surface area contributed by atoms with Crippen molar-refractivity contribution in [2.45, 2.75) is 56.3 Å². The highest BCUT2D eigenvalue weighted by molar-refractivity contribution is 5.95. The zero-order chi connectivity index (χ0) is 26.1. The number of nitrogens with two attached hydrogens (primary N) is 2. The Morgan fingerprint density at radius 1 is 1.00 bits per heavy atom. The molecular formula is C22H29N5O8. The van der Waals surface area contributed by atoms with Gasteiger partial charge in [-0.3, -0.25) is 24.0 Å². The average Bonchev–Trinajstić information content (AvgIpc) is 3.27. The van der Waals surface area contributed by atoms with Gasteiger partial charge in [-0.1, -0.05) is 30.3 Å². The van der Waals surface area contributed by atoms with Crippen molar-refractivity contribution in [2.75, 3.05) is 6.54 Å². The van der Waals surface area contributed by atoms with Crippen LogP contribution in [0, 0.1) is 0 Å². The first kappa shape index (κ1) is 27.2. The lowest BCUT2D eigenvalue weighted by atomic mass is 10.0. The van der Waals surface area contributed by atoms with Crippen LogP contribution in [0.5, 0.6) is 0 Å². The molecule has 0 bridgehead atoms. The summed E-state index contributed by atoms with van der Waals surface area (Å²) >= 11 is 0. The minimum absolute atomic E-state index is 0.0658. The fourth-order valence-corrected chi connectivity index (χ4v) is 3.78. The quantitative estimate of drug-likeness (QED) is 0.189. The van der Waals surface area contributed by atoms with Gasteiger partial charge in [0.25, 0.3) is 0 Å². The van der Waals surface area contributed by atoms with Crippen LogP contribution in [-0.2, 0) is 35.2 Å². The van der Waals surface area contributed by atoms with E-state index in [0.717, 1.165) is 0 Å². The molecule has 1 aliphatic rings. The maximum absolute atomic E-state index is 13.4. The normalized spacial score (nSPS) is 17.6. The first-order valence-corrected chi connectivity index (χ1v) is 10.9. The van der Waals surface area contributed by atoms with Gasteiger partial charge in [-0.15, -0.1) is 0 Å². The summed E-state index contributed by atoms with van der Waals surface area (Å²) in [5, 5.41) is 22.8. The second-order valence-corrected chi connectivity index (χ2v) is 8.21. The third-order valence-electron chi connectivity index (χ3n) is 5.49. The van der Waals surface area contributed by atoms with E-state index < -0.39 is 72.6 Å². The van der Waals surface area contributed by atoms with Crippen molar-refractivity contribution in [2.24, 2.45) is 11.5 Å². The number of benzene rings is 1. The zero-order valence-corrected chi connectivity index (χ0v) is 18.9. The highest BCUT2D eigenvalue weighted by Crippen LogP contribution is 2.20. The van der Waals surface area contributed by atoms with Crippen LogP contribution in [0.2, 0.25) is 0 Å². The van der Waals surface area contributed by atoms with E-state index in [1.165, 1.54) is 4.90 Å². The van der Waals surface area contributed by atoms with Crippen molar-refractivity contribution in [3.05, 3.63) is 35.9 Å². The minimum atomic E-state index is -1.66. The summed E-state index contributed by atoms with van der Waals surface area (Å²) in [6.45, 7) is 0.169. The van der Waals surface area contributed by atoms with E-state index in [0.29, 0.717) is 12.0 Å². The van der Waals surface area contributed by atoms with Gasteiger partial charge < -0.3 is 37.2 Å². The molecule has 2 rings (SSSR count). The highest BCUT2D eigenvalue weighted by atomic mass is 16.4. The summed E-state index contributed by atoms with van der Waals surface area (Å²) in [5.74, 6) is -5.89. The van der Waals surface area contributed by atoms with E-state index in [4.69, 9.17) is 16.6 Å². The van der Waals surface area contributed by atoms with Crippen LogP contribution in [0.4, 0.5) is 0 Å². The molecule has 35 heavy (non-hydrogen) atoms. The van der Waals surface area contributed by atoms with E-state index in [1.54, 1.807) is 30.3 Å². The predicted octanol–water partition coefficient (Wildman–Crippen LogP) is -2.05. The van der Waals surface area contributed by atoms with E-state index >= 15 is 0 Å². The lowest BCUT2D eigenvalue weighted by molar-refractivity contribution is -0.148. The molecule has 0 spiro atoms. The Bertz CT molecular complexity index is 970. The number of nitrogens with one attached hydrogen (secondary N) is 2. The third-order valence-corrected chi connectivity index (χ3v) is 5.49. The molecule has 0 saturated carbocycles. The zero-order valence-electron chi connectivity index (χ0n) is 18.9. The van der Waals surface area contributed by atoms with E-state index in [-0.39, 0.29) is 19.4 Å². The Hall–Kier alpha value is -4.00. The standard InChI is InChI=1S/C22H29N5O8/c23-13(10-17(24)28)19(31)25-14(9-12-5-2-1-3-6-12)21(33)27-8-4-7-16(27)20(32)26-15(22(34)35)11-18(29)30/h1-3,5-6,13-16H,4,7-11,23H2,(H2,24,28)(H,25,31)(H,26,32)(H,29,30)(H,34,35). The Kier molecular flexibility index (Phi) is 9.70. The van der Waals surface area contributed by atoms with Crippen molar-refractivity contribution in [1.82, 2.24) is 15.5 Å². The molecule has 4 unspecified atom stereocenters. The molecule has 13 heteroatoms. The van der Waals surface area contributed by atoms with Gasteiger partial charge in [-0.2, -0.15) is 0 Å². The van der Waals surface area contributed by atoms with Crippen molar-refractivity contribution in [3.63, 3.8) is 0 Å². The lowest BCUT2D eigenvalue weighted by Crippen LogP contribution is -2.57. The van der Waals surface area contributed by atoms with Crippen molar-refractivity contribution < 1.29 is 39.0 Å². The van der Waals surface area contributed by atoms with Crippen LogP contribution in [0.1, 0.15) is 31.2 Å². The second kappa shape index (κ2) is 12.5. The molecule has 4 atom stereocenters. The number of likely N-dealkylation sites (tertiary alicyclic amines) is 1. The van der Waals surface area contributed by atoms with Crippen LogP contribution < -0.4 is 22.1 Å². The molecule has 0 radical (unpaired) electrons. The van der Waals surface area contributed by atoms with Gasteiger partial charge >= 0.3 is 11.9 Å². The fraction of sp³-hybridized carbons (Fsp3) is 0.455. The number of aliphatic carboxylic acids is 2. The minimum Gasteiger partial charge on any atom is -0.481 e. The van der Waals surface area contributed by atoms with Gasteiger partial charge in [0.05, 0.1) is 18.9 Å². The Labute approximate surface area is 200 Å². The highest BCUT2D eigenvalue weighted by Gasteiger charge is 2.39. The molecule has 1 aliphatic heterocycles. The van der Waals surface area contributed by atoms with E-state index in [9.17, 15) is 33.9 Å². The number of carboxylic acid groups (broad SMARTS) is 2. The van der Waals surface area contributed by atoms with Crippen LogP contribution in [-0.4, -0.2) is 81.4 Å². The summed E-state index contributed by atoms with van der Waals surface area (Å²) < 4.78 is 0. The van der Waals surface area contributed by atoms with Gasteiger partial charge in [0.2, 0.25) is 23.6 Å². The molecule has 1 saturated heterocycles. The van der Waals surface area contributed by atoms with Crippen LogP contribution in [0.15, 0.2) is 30.3 Å². The number of amides is 4. The maximum atomic E-state index is 13.4. The summed E-state index contributed by atoms with van der Waals surface area (Å²) in [6.07, 6.45) is -0.521. The number of carbonyl (C=O) groups excluding carboxylic acids is 4.